The SMILES string of the molecule is COC(=O)C(C)Cc1c(C(C)C)n(-c2ccc(F)cc2)c2cc3cn[nH]c3cc12. The smallest absolute Gasteiger partial charge is 0.308 e. The van der Waals surface area contributed by atoms with Crippen LogP contribution in [-0.4, -0.2) is 27.8 Å². The molecular weight excluding hydrogens is 369 g/mol. The second-order valence-electron chi connectivity index (χ2n) is 7.79. The molecule has 0 saturated heterocycles. The van der Waals surface area contributed by atoms with E-state index >= 15 is 0 Å². The summed E-state index contributed by atoms with van der Waals surface area (Å²) < 4.78 is 20.7. The van der Waals surface area contributed by atoms with Crippen molar-refractivity contribution in [3.8, 4) is 5.69 Å². The second-order valence-corrected chi connectivity index (χ2v) is 7.79. The number of methoxy groups -OCH3 is 1. The Hall–Kier alpha value is -3.15. The Labute approximate surface area is 168 Å². The van der Waals surface area contributed by atoms with Gasteiger partial charge in [-0.1, -0.05) is 20.8 Å². The van der Waals surface area contributed by atoms with E-state index in [1.807, 2.05) is 6.92 Å². The predicted molar refractivity (Wildman–Crippen MR) is 112 cm³/mol. The molecule has 0 spiro atoms. The monoisotopic (exact) mass is 393 g/mol. The van der Waals surface area contributed by atoms with E-state index < -0.39 is 0 Å². The number of halogens is 1. The van der Waals surface area contributed by atoms with Gasteiger partial charge in [0.15, 0.2) is 0 Å². The van der Waals surface area contributed by atoms with Gasteiger partial charge >= 0.3 is 5.97 Å². The van der Waals surface area contributed by atoms with E-state index in [-0.39, 0.29) is 23.6 Å². The summed E-state index contributed by atoms with van der Waals surface area (Å²) in [7, 11) is 1.41. The third-order valence-electron chi connectivity index (χ3n) is 5.42. The van der Waals surface area contributed by atoms with Crippen LogP contribution in [0.25, 0.3) is 27.5 Å². The second kappa shape index (κ2) is 7.35. The number of aromatic amines is 1. The number of hydrogen-bond donors (Lipinski definition) is 1. The number of carbonyl (C=O) groups is 1. The number of ether oxygens (including phenoxy) is 1. The van der Waals surface area contributed by atoms with Crippen molar-refractivity contribution in [2.75, 3.05) is 7.11 Å². The molecule has 0 fully saturated rings. The quantitative estimate of drug-likeness (QED) is 0.479. The van der Waals surface area contributed by atoms with Gasteiger partial charge < -0.3 is 9.30 Å². The highest BCUT2D eigenvalue weighted by atomic mass is 19.1. The van der Waals surface area contributed by atoms with Crippen molar-refractivity contribution in [1.82, 2.24) is 14.8 Å². The third kappa shape index (κ3) is 3.28. The molecule has 1 unspecified atom stereocenters. The molecule has 4 aromatic rings. The zero-order chi connectivity index (χ0) is 20.7. The van der Waals surface area contributed by atoms with Gasteiger partial charge in [-0.05, 0) is 54.3 Å². The van der Waals surface area contributed by atoms with Gasteiger partial charge in [0, 0.05) is 22.2 Å². The van der Waals surface area contributed by atoms with Crippen molar-refractivity contribution < 1.29 is 13.9 Å². The Kier molecular flexibility index (Phi) is 4.86. The molecule has 0 aliphatic rings. The summed E-state index contributed by atoms with van der Waals surface area (Å²) in [6.45, 7) is 6.15. The number of esters is 1. The summed E-state index contributed by atoms with van der Waals surface area (Å²) in [6.07, 6.45) is 2.35. The van der Waals surface area contributed by atoms with E-state index in [4.69, 9.17) is 4.74 Å². The molecule has 0 aliphatic heterocycles. The lowest BCUT2D eigenvalue weighted by Crippen LogP contribution is -2.16. The van der Waals surface area contributed by atoms with Crippen LogP contribution < -0.4 is 0 Å². The van der Waals surface area contributed by atoms with Gasteiger partial charge in [-0.2, -0.15) is 5.10 Å². The maximum atomic E-state index is 13.6. The maximum Gasteiger partial charge on any atom is 0.308 e. The van der Waals surface area contributed by atoms with E-state index in [1.54, 1.807) is 18.3 Å². The largest absolute Gasteiger partial charge is 0.469 e. The number of hydrogen-bond acceptors (Lipinski definition) is 3. The first-order chi connectivity index (χ1) is 13.9. The van der Waals surface area contributed by atoms with Gasteiger partial charge in [-0.25, -0.2) is 4.39 Å². The van der Waals surface area contributed by atoms with Crippen LogP contribution >= 0.6 is 0 Å². The van der Waals surface area contributed by atoms with Gasteiger partial charge in [0.05, 0.1) is 30.3 Å². The molecule has 4 rings (SSSR count). The Bertz CT molecular complexity index is 1190. The number of fused-ring (bicyclic) bond motifs is 2. The van der Waals surface area contributed by atoms with E-state index in [9.17, 15) is 9.18 Å². The van der Waals surface area contributed by atoms with Gasteiger partial charge in [0.1, 0.15) is 5.82 Å². The lowest BCUT2D eigenvalue weighted by Gasteiger charge is -2.17. The van der Waals surface area contributed by atoms with Gasteiger partial charge in [-0.3, -0.25) is 9.89 Å². The normalized spacial score (nSPS) is 12.8. The predicted octanol–water partition coefficient (Wildman–Crippen LogP) is 5.12. The van der Waals surface area contributed by atoms with Crippen LogP contribution in [0.3, 0.4) is 0 Å². The molecule has 0 amide bonds. The van der Waals surface area contributed by atoms with Gasteiger partial charge in [0.2, 0.25) is 0 Å². The first-order valence-corrected chi connectivity index (χ1v) is 9.74. The number of aromatic nitrogens is 3. The zero-order valence-electron chi connectivity index (χ0n) is 17.0. The maximum absolute atomic E-state index is 13.6. The molecule has 6 heteroatoms. The van der Waals surface area contributed by atoms with Gasteiger partial charge in [-0.15, -0.1) is 0 Å². The number of nitrogens with zero attached hydrogens (tertiary/aromatic N) is 2. The Balaban J connectivity index is 2.04. The zero-order valence-corrected chi connectivity index (χ0v) is 17.0. The summed E-state index contributed by atoms with van der Waals surface area (Å²) in [4.78, 5) is 12.1. The Morgan fingerprint density at radius 1 is 1.21 bits per heavy atom. The number of carbonyl (C=O) groups excluding carboxylic acids is 1. The topological polar surface area (TPSA) is 59.9 Å². The van der Waals surface area contributed by atoms with Crippen molar-refractivity contribution in [3.05, 3.63) is 59.7 Å². The summed E-state index contributed by atoms with van der Waals surface area (Å²) >= 11 is 0. The first kappa shape index (κ1) is 19.2. The summed E-state index contributed by atoms with van der Waals surface area (Å²) in [5.74, 6) is -0.580. The van der Waals surface area contributed by atoms with Crippen molar-refractivity contribution in [3.63, 3.8) is 0 Å². The molecule has 2 heterocycles. The van der Waals surface area contributed by atoms with Crippen LogP contribution in [0.5, 0.6) is 0 Å². The minimum absolute atomic E-state index is 0.198. The fourth-order valence-electron chi connectivity index (χ4n) is 4.09. The summed E-state index contributed by atoms with van der Waals surface area (Å²) in [5, 5.41) is 9.24. The molecule has 29 heavy (non-hydrogen) atoms. The highest BCUT2D eigenvalue weighted by molar-refractivity contribution is 5.99. The Morgan fingerprint density at radius 2 is 1.93 bits per heavy atom. The average Bonchev–Trinajstić information content (AvgIpc) is 3.28. The molecule has 2 aromatic heterocycles. The molecule has 0 aliphatic carbocycles. The fourth-order valence-corrected chi connectivity index (χ4v) is 4.09. The molecule has 2 aromatic carbocycles. The summed E-state index contributed by atoms with van der Waals surface area (Å²) in [5.41, 5.74) is 5.06. The lowest BCUT2D eigenvalue weighted by molar-refractivity contribution is -0.144. The average molecular weight is 393 g/mol. The highest BCUT2D eigenvalue weighted by Crippen LogP contribution is 2.37. The van der Waals surface area contributed by atoms with Crippen molar-refractivity contribution in [2.24, 2.45) is 5.92 Å². The van der Waals surface area contributed by atoms with E-state index in [0.717, 1.165) is 38.8 Å². The molecule has 0 radical (unpaired) electrons. The summed E-state index contributed by atoms with van der Waals surface area (Å²) in [6, 6.07) is 10.7. The van der Waals surface area contributed by atoms with Crippen LogP contribution in [0.15, 0.2) is 42.6 Å². The molecular formula is C23H24FN3O2. The minimum atomic E-state index is -0.276. The van der Waals surface area contributed by atoms with Crippen molar-refractivity contribution in [1.29, 1.82) is 0 Å². The van der Waals surface area contributed by atoms with Crippen LogP contribution in [0.4, 0.5) is 4.39 Å². The number of H-pyrrole nitrogens is 1. The first-order valence-electron chi connectivity index (χ1n) is 9.74. The molecule has 1 N–H and O–H groups in total. The minimum Gasteiger partial charge on any atom is -0.469 e. The molecule has 150 valence electrons. The molecule has 0 saturated carbocycles. The van der Waals surface area contributed by atoms with E-state index in [2.05, 4.69) is 40.7 Å². The third-order valence-corrected chi connectivity index (χ3v) is 5.42. The van der Waals surface area contributed by atoms with Gasteiger partial charge in [0.25, 0.3) is 0 Å². The van der Waals surface area contributed by atoms with Crippen LogP contribution in [0.1, 0.15) is 37.9 Å². The molecule has 0 bridgehead atoms. The van der Waals surface area contributed by atoms with Crippen molar-refractivity contribution >= 4 is 27.8 Å². The number of benzene rings is 2. The number of nitrogens with one attached hydrogen (secondary N) is 1. The van der Waals surface area contributed by atoms with E-state index in [0.29, 0.717) is 6.42 Å². The Morgan fingerprint density at radius 3 is 2.59 bits per heavy atom. The van der Waals surface area contributed by atoms with Crippen LogP contribution in [0, 0.1) is 11.7 Å². The lowest BCUT2D eigenvalue weighted by atomic mass is 9.94. The molecule has 5 nitrogen and oxygen atoms in total. The standard InChI is InChI=1S/C23H24FN3O2/c1-13(2)22-19(9-14(3)23(28)29-4)18-11-20-15(12-25-26-20)10-21(18)27(22)17-7-5-16(24)6-8-17/h5-8,10-14H,9H2,1-4H3,(H,25,26). The molecule has 1 atom stereocenters. The number of rotatable bonds is 5. The van der Waals surface area contributed by atoms with Crippen LogP contribution in [0.2, 0.25) is 0 Å². The van der Waals surface area contributed by atoms with Crippen molar-refractivity contribution in [2.45, 2.75) is 33.1 Å². The van der Waals surface area contributed by atoms with E-state index in [1.165, 1.54) is 19.2 Å². The fraction of sp³-hybridized carbons (Fsp3) is 0.304. The van der Waals surface area contributed by atoms with Crippen LogP contribution in [-0.2, 0) is 16.0 Å². The highest BCUT2D eigenvalue weighted by Gasteiger charge is 2.25.